The fraction of sp³-hybridized carbons (Fsp3) is 0.364. The molecule has 5 nitrogen and oxygen atoms in total. The average molecular weight is 365 g/mol. The van der Waals surface area contributed by atoms with Crippen molar-refractivity contribution in [2.75, 3.05) is 19.6 Å². The lowest BCUT2D eigenvalue weighted by Gasteiger charge is -2.35. The number of hydrogen-bond donors (Lipinski definition) is 1. The highest BCUT2D eigenvalue weighted by molar-refractivity contribution is 5.85. The first-order valence-corrected chi connectivity index (χ1v) is 9.37. The number of aryl methyl sites for hydroxylation is 2. The third-order valence-corrected chi connectivity index (χ3v) is 4.90. The number of benzene rings is 2. The minimum atomic E-state index is -0.189. The molecule has 1 saturated heterocycles. The maximum absolute atomic E-state index is 12.5. The standard InChI is InChI=1S/C22H27N3O2/c1-16-11-17(2)13-19(12-16)14-24-9-10-25(15-21(24)26)22(27)23-18(3)20-7-5-4-6-8-20/h4-8,11-13,18H,9-10,14-15H2,1-3H3,(H,23,27)/t18-/m1/s1. The number of carbonyl (C=O) groups is 2. The molecule has 0 saturated carbocycles. The highest BCUT2D eigenvalue weighted by Gasteiger charge is 2.27. The highest BCUT2D eigenvalue weighted by Crippen LogP contribution is 2.15. The Morgan fingerprint density at radius 1 is 1.07 bits per heavy atom. The molecule has 1 fully saturated rings. The molecule has 1 atom stereocenters. The number of amides is 3. The molecule has 0 aliphatic carbocycles. The number of rotatable bonds is 4. The topological polar surface area (TPSA) is 52.6 Å². The Kier molecular flexibility index (Phi) is 5.79. The Bertz CT molecular complexity index is 799. The Morgan fingerprint density at radius 3 is 2.37 bits per heavy atom. The van der Waals surface area contributed by atoms with E-state index < -0.39 is 0 Å². The lowest BCUT2D eigenvalue weighted by Crippen LogP contribution is -2.54. The molecule has 0 unspecified atom stereocenters. The monoisotopic (exact) mass is 365 g/mol. The van der Waals surface area contributed by atoms with Gasteiger partial charge in [-0.25, -0.2) is 4.79 Å². The molecule has 2 aromatic carbocycles. The summed E-state index contributed by atoms with van der Waals surface area (Å²) in [6.45, 7) is 7.90. The molecule has 0 spiro atoms. The Labute approximate surface area is 161 Å². The van der Waals surface area contributed by atoms with Gasteiger partial charge in [0.15, 0.2) is 0 Å². The van der Waals surface area contributed by atoms with Crippen LogP contribution in [0.3, 0.4) is 0 Å². The van der Waals surface area contributed by atoms with Gasteiger partial charge in [0, 0.05) is 19.6 Å². The summed E-state index contributed by atoms with van der Waals surface area (Å²) in [5, 5.41) is 2.98. The van der Waals surface area contributed by atoms with Crippen LogP contribution in [-0.2, 0) is 11.3 Å². The summed E-state index contributed by atoms with van der Waals surface area (Å²) < 4.78 is 0. The molecule has 5 heteroatoms. The summed E-state index contributed by atoms with van der Waals surface area (Å²) >= 11 is 0. The third kappa shape index (κ3) is 4.88. The normalized spacial score (nSPS) is 15.6. The molecular formula is C22H27N3O2. The molecule has 0 radical (unpaired) electrons. The van der Waals surface area contributed by atoms with Crippen LogP contribution < -0.4 is 5.32 Å². The molecular weight excluding hydrogens is 338 g/mol. The van der Waals surface area contributed by atoms with Crippen molar-refractivity contribution in [3.8, 4) is 0 Å². The lowest BCUT2D eigenvalue weighted by atomic mass is 10.1. The molecule has 0 aromatic heterocycles. The summed E-state index contributed by atoms with van der Waals surface area (Å²) in [6, 6.07) is 15.9. The second-order valence-electron chi connectivity index (χ2n) is 7.31. The highest BCUT2D eigenvalue weighted by atomic mass is 16.2. The fourth-order valence-electron chi connectivity index (χ4n) is 3.53. The van der Waals surface area contributed by atoms with E-state index in [2.05, 4.69) is 37.4 Å². The summed E-state index contributed by atoms with van der Waals surface area (Å²) in [4.78, 5) is 28.5. The molecule has 3 amide bonds. The quantitative estimate of drug-likeness (QED) is 0.903. The third-order valence-electron chi connectivity index (χ3n) is 4.90. The van der Waals surface area contributed by atoms with Crippen LogP contribution in [0.4, 0.5) is 4.79 Å². The summed E-state index contributed by atoms with van der Waals surface area (Å²) in [6.07, 6.45) is 0. The van der Waals surface area contributed by atoms with Crippen LogP contribution in [0.25, 0.3) is 0 Å². The molecule has 1 N–H and O–H groups in total. The van der Waals surface area contributed by atoms with Crippen molar-refractivity contribution in [1.82, 2.24) is 15.1 Å². The number of nitrogens with one attached hydrogen (secondary N) is 1. The van der Waals surface area contributed by atoms with Crippen LogP contribution in [-0.4, -0.2) is 41.4 Å². The molecule has 27 heavy (non-hydrogen) atoms. The summed E-state index contributed by atoms with van der Waals surface area (Å²) in [7, 11) is 0. The molecule has 1 heterocycles. The molecule has 1 aliphatic rings. The van der Waals surface area contributed by atoms with Crippen LogP contribution >= 0.6 is 0 Å². The van der Waals surface area contributed by atoms with E-state index in [0.717, 1.165) is 11.1 Å². The van der Waals surface area contributed by atoms with Crippen molar-refractivity contribution in [1.29, 1.82) is 0 Å². The second kappa shape index (κ2) is 8.25. The first-order chi connectivity index (χ1) is 12.9. The van der Waals surface area contributed by atoms with Gasteiger partial charge < -0.3 is 15.1 Å². The SMILES string of the molecule is Cc1cc(C)cc(CN2CCN(C(=O)N[C@H](C)c3ccccc3)CC2=O)c1. The minimum Gasteiger partial charge on any atom is -0.335 e. The van der Waals surface area contributed by atoms with Gasteiger partial charge in [0.1, 0.15) is 6.54 Å². The zero-order valence-corrected chi connectivity index (χ0v) is 16.2. The van der Waals surface area contributed by atoms with Gasteiger partial charge in [-0.05, 0) is 31.9 Å². The largest absolute Gasteiger partial charge is 0.335 e. The van der Waals surface area contributed by atoms with Gasteiger partial charge in [-0.3, -0.25) is 4.79 Å². The van der Waals surface area contributed by atoms with Gasteiger partial charge in [-0.1, -0.05) is 59.7 Å². The van der Waals surface area contributed by atoms with Crippen molar-refractivity contribution in [2.24, 2.45) is 0 Å². The summed E-state index contributed by atoms with van der Waals surface area (Å²) in [5.41, 5.74) is 4.58. The van der Waals surface area contributed by atoms with E-state index >= 15 is 0 Å². The van der Waals surface area contributed by atoms with Crippen molar-refractivity contribution in [2.45, 2.75) is 33.4 Å². The van der Waals surface area contributed by atoms with E-state index in [1.807, 2.05) is 42.2 Å². The van der Waals surface area contributed by atoms with E-state index in [9.17, 15) is 9.59 Å². The number of carbonyl (C=O) groups excluding carboxylic acids is 2. The van der Waals surface area contributed by atoms with Gasteiger partial charge in [0.05, 0.1) is 6.04 Å². The van der Waals surface area contributed by atoms with Crippen molar-refractivity contribution >= 4 is 11.9 Å². The number of urea groups is 1. The maximum Gasteiger partial charge on any atom is 0.318 e. The van der Waals surface area contributed by atoms with E-state index in [-0.39, 0.29) is 24.5 Å². The van der Waals surface area contributed by atoms with Gasteiger partial charge in [-0.15, -0.1) is 0 Å². The minimum absolute atomic E-state index is 0.0112. The first-order valence-electron chi connectivity index (χ1n) is 9.37. The Balaban J connectivity index is 1.56. The van der Waals surface area contributed by atoms with Gasteiger partial charge in [0.25, 0.3) is 0 Å². The fourth-order valence-corrected chi connectivity index (χ4v) is 3.53. The number of piperazine rings is 1. The van der Waals surface area contributed by atoms with Crippen LogP contribution in [0.5, 0.6) is 0 Å². The van der Waals surface area contributed by atoms with Crippen molar-refractivity contribution in [3.63, 3.8) is 0 Å². The summed E-state index contributed by atoms with van der Waals surface area (Å²) in [5.74, 6) is -0.0112. The number of hydrogen-bond acceptors (Lipinski definition) is 2. The average Bonchev–Trinajstić information content (AvgIpc) is 2.63. The van der Waals surface area contributed by atoms with Gasteiger partial charge in [0.2, 0.25) is 5.91 Å². The number of nitrogens with zero attached hydrogens (tertiary/aromatic N) is 2. The Hall–Kier alpha value is -2.82. The zero-order chi connectivity index (χ0) is 19.4. The smallest absolute Gasteiger partial charge is 0.318 e. The van der Waals surface area contributed by atoms with E-state index in [0.29, 0.717) is 19.6 Å². The predicted octanol–water partition coefficient (Wildman–Crippen LogP) is 3.42. The molecule has 142 valence electrons. The first kappa shape index (κ1) is 19.0. The zero-order valence-electron chi connectivity index (χ0n) is 16.2. The van der Waals surface area contributed by atoms with Crippen molar-refractivity contribution < 1.29 is 9.59 Å². The van der Waals surface area contributed by atoms with Crippen molar-refractivity contribution in [3.05, 3.63) is 70.8 Å². The predicted molar refractivity (Wildman–Crippen MR) is 106 cm³/mol. The van der Waals surface area contributed by atoms with E-state index in [1.165, 1.54) is 11.1 Å². The van der Waals surface area contributed by atoms with E-state index in [4.69, 9.17) is 0 Å². The Morgan fingerprint density at radius 2 is 1.74 bits per heavy atom. The lowest BCUT2D eigenvalue weighted by molar-refractivity contribution is -0.135. The second-order valence-corrected chi connectivity index (χ2v) is 7.31. The maximum atomic E-state index is 12.5. The van der Waals surface area contributed by atoms with E-state index in [1.54, 1.807) is 4.90 Å². The van der Waals surface area contributed by atoms with Crippen LogP contribution in [0.2, 0.25) is 0 Å². The van der Waals surface area contributed by atoms with Gasteiger partial charge >= 0.3 is 6.03 Å². The van der Waals surface area contributed by atoms with Crippen LogP contribution in [0.15, 0.2) is 48.5 Å². The van der Waals surface area contributed by atoms with Gasteiger partial charge in [-0.2, -0.15) is 0 Å². The van der Waals surface area contributed by atoms with Crippen LogP contribution in [0.1, 0.15) is 35.2 Å². The molecule has 1 aliphatic heterocycles. The molecule has 0 bridgehead atoms. The molecule has 3 rings (SSSR count). The molecule has 2 aromatic rings. The van der Waals surface area contributed by atoms with Crippen LogP contribution in [0, 0.1) is 13.8 Å².